The summed E-state index contributed by atoms with van der Waals surface area (Å²) in [5.74, 6) is 0.879. The van der Waals surface area contributed by atoms with Gasteiger partial charge in [-0.3, -0.25) is 0 Å². The molecule has 0 aliphatic carbocycles. The zero-order valence-electron chi connectivity index (χ0n) is 30.0. The number of rotatable bonds is 18. The molecule has 43 heavy (non-hydrogen) atoms. The van der Waals surface area contributed by atoms with Gasteiger partial charge in [-0.05, 0) is 60.7 Å². The average molecular weight is 617 g/mol. The molecule has 4 nitrogen and oxygen atoms in total. The molecule has 1 rings (SSSR count). The number of aliphatic hydroxyl groups is 2. The topological polar surface area (TPSA) is 58.9 Å². The molecule has 1 aliphatic rings. The van der Waals surface area contributed by atoms with Gasteiger partial charge in [0, 0.05) is 11.8 Å². The first-order valence-corrected chi connectivity index (χ1v) is 19.3. The van der Waals surface area contributed by atoms with Gasteiger partial charge in [0.15, 0.2) is 6.29 Å². The molecule has 0 saturated carbocycles. The molecule has 248 valence electrons. The molecule has 0 aromatic rings. The van der Waals surface area contributed by atoms with Gasteiger partial charge in [0.1, 0.15) is 0 Å². The van der Waals surface area contributed by atoms with E-state index < -0.39 is 20.7 Å². The number of hydrogen-bond acceptors (Lipinski definition) is 4. The molecule has 2 N–H and O–H groups in total. The maximum Gasteiger partial charge on any atom is 0.200 e. The zero-order chi connectivity index (χ0) is 32.9. The summed E-state index contributed by atoms with van der Waals surface area (Å²) in [6.45, 7) is 29.5. The normalized spacial score (nSPS) is 23.5. The highest BCUT2D eigenvalue weighted by molar-refractivity contribution is 6.77. The Hall–Kier alpha value is -1.24. The van der Waals surface area contributed by atoms with Crippen molar-refractivity contribution in [2.45, 2.75) is 157 Å². The second kappa shape index (κ2) is 19.3. The first-order chi connectivity index (χ1) is 20.1. The van der Waals surface area contributed by atoms with Gasteiger partial charge in [-0.2, -0.15) is 0 Å². The van der Waals surface area contributed by atoms with E-state index in [0.29, 0.717) is 28.5 Å². The van der Waals surface area contributed by atoms with Crippen LogP contribution in [0.5, 0.6) is 0 Å². The second-order valence-corrected chi connectivity index (χ2v) is 19.6. The molecule has 5 heteroatoms. The lowest BCUT2D eigenvalue weighted by Crippen LogP contribution is -2.54. The van der Waals surface area contributed by atoms with E-state index in [1.165, 1.54) is 11.1 Å². The van der Waals surface area contributed by atoms with Crippen LogP contribution < -0.4 is 0 Å². The van der Waals surface area contributed by atoms with Crippen molar-refractivity contribution >= 4 is 8.32 Å². The van der Waals surface area contributed by atoms with Crippen molar-refractivity contribution < 1.29 is 19.4 Å². The smallest absolute Gasteiger partial charge is 0.200 e. The van der Waals surface area contributed by atoms with Crippen LogP contribution in [0.2, 0.25) is 16.6 Å². The van der Waals surface area contributed by atoms with Gasteiger partial charge in [0.2, 0.25) is 8.32 Å². The standard InChI is InChI=1S/C38H68O4Si/c1-14-31(11)38(42-43(26(3)4,27(5)6)28(7)8)33(13)37(40)32(12)24-29(9)18-16-19-30(10)25-34(15-2)22-23-35-20-17-21-36(39)41-35/h16-18,21-28,30-33,35-40H,14-15,19-20H2,1-13H3/b18-16+,23-22+,29-24+,34-25-/t30-,31+,32-,33-,35-,36?,37-,38-/m1/s1. The Morgan fingerprint density at radius 3 is 2.07 bits per heavy atom. The van der Waals surface area contributed by atoms with E-state index >= 15 is 0 Å². The van der Waals surface area contributed by atoms with Gasteiger partial charge in [0.05, 0.1) is 18.3 Å². The lowest BCUT2D eigenvalue weighted by Gasteiger charge is -2.48. The summed E-state index contributed by atoms with van der Waals surface area (Å²) in [6, 6.07) is 0. The highest BCUT2D eigenvalue weighted by atomic mass is 28.4. The monoisotopic (exact) mass is 616 g/mol. The third kappa shape index (κ3) is 12.2. The molecular weight excluding hydrogens is 549 g/mol. The Labute approximate surface area is 267 Å². The third-order valence-corrected chi connectivity index (χ3v) is 15.8. The van der Waals surface area contributed by atoms with Crippen molar-refractivity contribution in [1.29, 1.82) is 0 Å². The van der Waals surface area contributed by atoms with Crippen LogP contribution in [0, 0.1) is 23.7 Å². The van der Waals surface area contributed by atoms with Gasteiger partial charge in [-0.15, -0.1) is 0 Å². The fourth-order valence-electron chi connectivity index (χ4n) is 7.02. The maximum absolute atomic E-state index is 11.6. The molecule has 8 atom stereocenters. The van der Waals surface area contributed by atoms with E-state index in [4.69, 9.17) is 9.16 Å². The Morgan fingerprint density at radius 2 is 1.56 bits per heavy atom. The van der Waals surface area contributed by atoms with Crippen LogP contribution in [0.25, 0.3) is 0 Å². The van der Waals surface area contributed by atoms with Gasteiger partial charge < -0.3 is 19.4 Å². The minimum absolute atomic E-state index is 0.0348. The second-order valence-electron chi connectivity index (χ2n) is 14.2. The first kappa shape index (κ1) is 39.8. The van der Waals surface area contributed by atoms with E-state index in [-0.39, 0.29) is 24.0 Å². The summed E-state index contributed by atoms with van der Waals surface area (Å²) < 4.78 is 12.8. The number of ether oxygens (including phenoxy) is 1. The fourth-order valence-corrected chi connectivity index (χ4v) is 12.8. The largest absolute Gasteiger partial charge is 0.413 e. The highest BCUT2D eigenvalue weighted by Crippen LogP contribution is 2.45. The van der Waals surface area contributed by atoms with Crippen LogP contribution in [0.15, 0.2) is 59.8 Å². The molecule has 0 spiro atoms. The van der Waals surface area contributed by atoms with Crippen molar-refractivity contribution in [3.63, 3.8) is 0 Å². The average Bonchev–Trinajstić information content (AvgIpc) is 2.94. The lowest BCUT2D eigenvalue weighted by atomic mass is 9.83. The van der Waals surface area contributed by atoms with Crippen molar-refractivity contribution in [2.75, 3.05) is 0 Å². The minimum Gasteiger partial charge on any atom is -0.413 e. The first-order valence-electron chi connectivity index (χ1n) is 17.2. The van der Waals surface area contributed by atoms with Gasteiger partial charge in [-0.25, -0.2) is 0 Å². The minimum atomic E-state index is -2.07. The quantitative estimate of drug-likeness (QED) is 0.0914. The molecule has 1 heterocycles. The summed E-state index contributed by atoms with van der Waals surface area (Å²) in [7, 11) is -2.07. The third-order valence-electron chi connectivity index (χ3n) is 9.68. The molecule has 0 fully saturated rings. The Balaban J connectivity index is 2.92. The predicted molar refractivity (Wildman–Crippen MR) is 189 cm³/mol. The number of hydrogen-bond donors (Lipinski definition) is 2. The van der Waals surface area contributed by atoms with Gasteiger partial charge >= 0.3 is 0 Å². The summed E-state index contributed by atoms with van der Waals surface area (Å²) in [4.78, 5) is 0. The lowest BCUT2D eigenvalue weighted by molar-refractivity contribution is -0.0948. The van der Waals surface area contributed by atoms with Gasteiger partial charge in [0.25, 0.3) is 0 Å². The van der Waals surface area contributed by atoms with E-state index in [2.05, 4.69) is 126 Å². The molecule has 0 aromatic heterocycles. The van der Waals surface area contributed by atoms with Crippen LogP contribution in [0.4, 0.5) is 0 Å². The van der Waals surface area contributed by atoms with Crippen molar-refractivity contribution in [1.82, 2.24) is 0 Å². The Bertz CT molecular complexity index is 922. The van der Waals surface area contributed by atoms with Crippen LogP contribution >= 0.6 is 0 Å². The summed E-state index contributed by atoms with van der Waals surface area (Å²) in [5, 5.41) is 21.3. The zero-order valence-corrected chi connectivity index (χ0v) is 31.0. The van der Waals surface area contributed by atoms with Crippen molar-refractivity contribution in [2.24, 2.45) is 23.7 Å². The van der Waals surface area contributed by atoms with Crippen molar-refractivity contribution in [3.05, 3.63) is 59.8 Å². The maximum atomic E-state index is 11.6. The molecule has 0 bridgehead atoms. The summed E-state index contributed by atoms with van der Waals surface area (Å²) in [6.07, 6.45) is 19.3. The van der Waals surface area contributed by atoms with Crippen LogP contribution in [0.3, 0.4) is 0 Å². The van der Waals surface area contributed by atoms with E-state index in [0.717, 1.165) is 25.7 Å². The van der Waals surface area contributed by atoms with Crippen LogP contribution in [-0.4, -0.2) is 43.1 Å². The van der Waals surface area contributed by atoms with E-state index in [9.17, 15) is 10.2 Å². The molecule has 0 radical (unpaired) electrons. The van der Waals surface area contributed by atoms with Crippen LogP contribution in [-0.2, 0) is 9.16 Å². The van der Waals surface area contributed by atoms with Crippen LogP contribution in [0.1, 0.15) is 116 Å². The SMILES string of the molecule is CCC(=C/[C@H](C)C/C=C/C(C)=C/[C@@H](C)[C@@H](O)[C@@H](C)[C@H](O[Si](C(C)C)(C(C)C)C(C)C)[C@@H](C)CC)/C=C/[C@H]1CC=CC(O)O1. The van der Waals surface area contributed by atoms with E-state index in [1.807, 2.05) is 6.08 Å². The Kier molecular flexibility index (Phi) is 17.9. The summed E-state index contributed by atoms with van der Waals surface area (Å²) >= 11 is 0. The number of allylic oxidation sites excluding steroid dienone is 6. The molecular formula is C38H68O4Si. The fraction of sp³-hybridized carbons (Fsp3) is 0.737. The highest BCUT2D eigenvalue weighted by Gasteiger charge is 2.48. The summed E-state index contributed by atoms with van der Waals surface area (Å²) in [5.41, 5.74) is 4.03. The molecule has 0 aromatic carbocycles. The Morgan fingerprint density at radius 1 is 0.953 bits per heavy atom. The van der Waals surface area contributed by atoms with Crippen molar-refractivity contribution in [3.8, 4) is 0 Å². The molecule has 0 saturated heterocycles. The van der Waals surface area contributed by atoms with E-state index in [1.54, 1.807) is 6.08 Å². The molecule has 1 aliphatic heterocycles. The predicted octanol–water partition coefficient (Wildman–Crippen LogP) is 10.3. The molecule has 0 amide bonds. The molecule has 1 unspecified atom stereocenters. The van der Waals surface area contributed by atoms with Gasteiger partial charge in [-0.1, -0.05) is 143 Å². The number of aliphatic hydroxyl groups excluding tert-OH is 2.